The maximum Gasteiger partial charge on any atom is 0.510 e. The fraction of sp³-hybridized carbons (Fsp3) is 0.450. The van der Waals surface area contributed by atoms with Gasteiger partial charge in [-0.3, -0.25) is 4.79 Å². The number of carbonyl (C=O) groups excluding carboxylic acids is 2. The topological polar surface area (TPSA) is 79.6 Å². The Kier molecular flexibility index (Phi) is 5.86. The molecule has 0 N–H and O–H groups in total. The van der Waals surface area contributed by atoms with E-state index in [1.54, 1.807) is 32.9 Å². The van der Waals surface area contributed by atoms with Gasteiger partial charge in [0.1, 0.15) is 5.60 Å². The Hall–Kier alpha value is -2.52. The minimum atomic E-state index is -1.98. The maximum atomic E-state index is 13.3. The van der Waals surface area contributed by atoms with E-state index in [-0.39, 0.29) is 5.57 Å². The molecule has 1 atom stereocenters. The molecule has 1 amide bonds. The van der Waals surface area contributed by atoms with E-state index in [1.807, 2.05) is 13.0 Å². The van der Waals surface area contributed by atoms with Crippen LogP contribution in [0.1, 0.15) is 46.1 Å². The first-order valence-electron chi connectivity index (χ1n) is 8.70. The largest absolute Gasteiger partial charge is 0.510 e. The van der Waals surface area contributed by atoms with Crippen LogP contribution in [0.3, 0.4) is 0 Å². The van der Waals surface area contributed by atoms with Crippen molar-refractivity contribution in [3.05, 3.63) is 40.9 Å². The van der Waals surface area contributed by atoms with Crippen LogP contribution in [0.4, 0.5) is 10.5 Å². The highest BCUT2D eigenvalue weighted by molar-refractivity contribution is 6.31. The number of benzene rings is 1. The number of ether oxygens (including phenoxy) is 2. The Labute approximate surface area is 164 Å². The van der Waals surface area contributed by atoms with Crippen molar-refractivity contribution in [2.75, 3.05) is 11.4 Å². The fourth-order valence-corrected chi connectivity index (χ4v) is 3.08. The molecule has 1 aromatic carbocycles. The van der Waals surface area contributed by atoms with Crippen molar-refractivity contribution in [2.24, 2.45) is 0 Å². The van der Waals surface area contributed by atoms with Crippen LogP contribution in [0.15, 0.2) is 30.4 Å². The van der Waals surface area contributed by atoms with Gasteiger partial charge >= 0.3 is 6.16 Å². The van der Waals surface area contributed by atoms with E-state index < -0.39 is 23.3 Å². The van der Waals surface area contributed by atoms with Crippen molar-refractivity contribution < 1.29 is 19.1 Å². The summed E-state index contributed by atoms with van der Waals surface area (Å²) in [6.45, 7) is 11.1. The molecule has 0 aliphatic carbocycles. The van der Waals surface area contributed by atoms with E-state index >= 15 is 0 Å². The number of fused-ring (bicyclic) bond motifs is 1. The number of hydrogen-bond donors (Lipinski definition) is 0. The number of nitrogens with zero attached hydrogens (tertiary/aromatic N) is 2. The standard InChI is InChI=1S/C20H23ClN2O4/c1-6-7-10-23-16-9-8-14(21)11-15(16)20(17(23)24,13(2)12-22)27-18(25)26-19(3,4)5/h8-9,11H,2,6-7,10H2,1,3-5H3. The molecule has 0 saturated carbocycles. The van der Waals surface area contributed by atoms with Crippen LogP contribution >= 0.6 is 11.6 Å². The summed E-state index contributed by atoms with van der Waals surface area (Å²) in [5.41, 5.74) is -2.16. The van der Waals surface area contributed by atoms with Gasteiger partial charge in [-0.05, 0) is 45.4 Å². The normalized spacial score (nSPS) is 18.7. The van der Waals surface area contributed by atoms with Crippen molar-refractivity contribution in [3.8, 4) is 6.07 Å². The Morgan fingerprint density at radius 2 is 2.07 bits per heavy atom. The third-order valence-corrected chi connectivity index (χ3v) is 4.33. The fourth-order valence-electron chi connectivity index (χ4n) is 2.90. The lowest BCUT2D eigenvalue weighted by molar-refractivity contribution is -0.136. The number of anilines is 1. The van der Waals surface area contributed by atoms with Crippen LogP contribution in [0.25, 0.3) is 0 Å². The number of carbonyl (C=O) groups is 2. The van der Waals surface area contributed by atoms with Crippen LogP contribution in [0.5, 0.6) is 0 Å². The second-order valence-electron chi connectivity index (χ2n) is 7.31. The molecule has 6 nitrogen and oxygen atoms in total. The van der Waals surface area contributed by atoms with Gasteiger partial charge in [0.05, 0.1) is 17.3 Å². The predicted molar refractivity (Wildman–Crippen MR) is 102 cm³/mol. The SMILES string of the molecule is C=C(C#N)C1(OC(=O)OC(C)(C)C)C(=O)N(CCCC)c2ccc(Cl)cc21. The van der Waals surface area contributed by atoms with Gasteiger partial charge < -0.3 is 14.4 Å². The van der Waals surface area contributed by atoms with E-state index in [0.29, 0.717) is 22.8 Å². The van der Waals surface area contributed by atoms with Gasteiger partial charge in [-0.25, -0.2) is 4.79 Å². The van der Waals surface area contributed by atoms with Gasteiger partial charge in [-0.15, -0.1) is 0 Å². The summed E-state index contributed by atoms with van der Waals surface area (Å²) in [5.74, 6) is -0.550. The van der Waals surface area contributed by atoms with Crippen LogP contribution in [-0.2, 0) is 19.9 Å². The Bertz CT molecular complexity index is 822. The molecular formula is C20H23ClN2O4. The molecule has 0 spiro atoms. The highest BCUT2D eigenvalue weighted by Gasteiger charge is 2.57. The number of nitriles is 1. The second kappa shape index (κ2) is 7.61. The van der Waals surface area contributed by atoms with Gasteiger partial charge in [0.2, 0.25) is 0 Å². The summed E-state index contributed by atoms with van der Waals surface area (Å²) in [6.07, 6.45) is 0.553. The molecule has 1 unspecified atom stereocenters. The third-order valence-electron chi connectivity index (χ3n) is 4.10. The molecule has 0 fully saturated rings. The number of amides is 1. The summed E-state index contributed by atoms with van der Waals surface area (Å²) in [5, 5.41) is 9.84. The van der Waals surface area contributed by atoms with Gasteiger partial charge in [-0.1, -0.05) is 31.5 Å². The molecule has 1 aliphatic heterocycles. The lowest BCUT2D eigenvalue weighted by atomic mass is 9.88. The minimum Gasteiger partial charge on any atom is -0.429 e. The Morgan fingerprint density at radius 3 is 2.63 bits per heavy atom. The van der Waals surface area contributed by atoms with E-state index in [9.17, 15) is 14.9 Å². The molecule has 0 bridgehead atoms. The molecule has 0 radical (unpaired) electrons. The van der Waals surface area contributed by atoms with Crippen molar-refractivity contribution in [1.82, 2.24) is 0 Å². The Morgan fingerprint density at radius 1 is 1.41 bits per heavy atom. The van der Waals surface area contributed by atoms with Crippen LogP contribution in [0, 0.1) is 11.3 Å². The second-order valence-corrected chi connectivity index (χ2v) is 7.75. The quantitative estimate of drug-likeness (QED) is 0.537. The lowest BCUT2D eigenvalue weighted by Gasteiger charge is -2.29. The highest BCUT2D eigenvalue weighted by atomic mass is 35.5. The first-order chi connectivity index (χ1) is 12.6. The monoisotopic (exact) mass is 390 g/mol. The van der Waals surface area contributed by atoms with E-state index in [2.05, 4.69) is 6.58 Å². The Balaban J connectivity index is 2.60. The first-order valence-corrected chi connectivity index (χ1v) is 9.08. The van der Waals surface area contributed by atoms with E-state index in [0.717, 1.165) is 12.8 Å². The first kappa shape index (κ1) is 20.8. The molecule has 7 heteroatoms. The zero-order valence-electron chi connectivity index (χ0n) is 16.0. The number of halogens is 1. The molecule has 1 heterocycles. The van der Waals surface area contributed by atoms with Gasteiger partial charge in [-0.2, -0.15) is 5.26 Å². The third kappa shape index (κ3) is 3.93. The average Bonchev–Trinajstić information content (AvgIpc) is 2.79. The number of rotatable bonds is 5. The van der Waals surface area contributed by atoms with Gasteiger partial charge in [0, 0.05) is 17.1 Å². The van der Waals surface area contributed by atoms with Crippen molar-refractivity contribution in [3.63, 3.8) is 0 Å². The summed E-state index contributed by atoms with van der Waals surface area (Å²) in [4.78, 5) is 27.2. The highest BCUT2D eigenvalue weighted by Crippen LogP contribution is 2.48. The zero-order chi connectivity index (χ0) is 20.4. The zero-order valence-corrected chi connectivity index (χ0v) is 16.7. The van der Waals surface area contributed by atoms with Crippen LogP contribution in [-0.4, -0.2) is 24.2 Å². The summed E-state index contributed by atoms with van der Waals surface area (Å²) in [7, 11) is 0. The smallest absolute Gasteiger partial charge is 0.429 e. The summed E-state index contributed by atoms with van der Waals surface area (Å²) < 4.78 is 10.7. The maximum absolute atomic E-state index is 13.3. The number of hydrogen-bond acceptors (Lipinski definition) is 5. The minimum absolute atomic E-state index is 0.208. The molecule has 1 aliphatic rings. The average molecular weight is 391 g/mol. The lowest BCUT2D eigenvalue weighted by Crippen LogP contribution is -2.46. The molecule has 1 aromatic rings. The summed E-state index contributed by atoms with van der Waals surface area (Å²) in [6, 6.07) is 6.71. The number of unbranched alkanes of at least 4 members (excludes halogenated alkanes) is 1. The van der Waals surface area contributed by atoms with Crippen molar-refractivity contribution >= 4 is 29.4 Å². The molecule has 144 valence electrons. The van der Waals surface area contributed by atoms with Gasteiger partial charge in [0.25, 0.3) is 11.5 Å². The van der Waals surface area contributed by atoms with Gasteiger partial charge in [0.15, 0.2) is 0 Å². The van der Waals surface area contributed by atoms with Crippen LogP contribution < -0.4 is 4.90 Å². The molecule has 27 heavy (non-hydrogen) atoms. The van der Waals surface area contributed by atoms with E-state index in [1.165, 1.54) is 11.0 Å². The van der Waals surface area contributed by atoms with Crippen LogP contribution in [0.2, 0.25) is 5.02 Å². The summed E-state index contributed by atoms with van der Waals surface area (Å²) >= 11 is 6.13. The van der Waals surface area contributed by atoms with Crippen molar-refractivity contribution in [1.29, 1.82) is 5.26 Å². The van der Waals surface area contributed by atoms with E-state index in [4.69, 9.17) is 21.1 Å². The molecule has 0 aromatic heterocycles. The molecule has 2 rings (SSSR count). The van der Waals surface area contributed by atoms with Crippen molar-refractivity contribution in [2.45, 2.75) is 51.7 Å². The molecular weight excluding hydrogens is 368 g/mol. The predicted octanol–water partition coefficient (Wildman–Crippen LogP) is 4.71. The molecule has 0 saturated heterocycles.